The molecule has 2 rings (SSSR count). The lowest BCUT2D eigenvalue weighted by Crippen LogP contribution is -2.54. The maximum Gasteiger partial charge on any atom is 0.408 e. The number of aryl methyl sites for hydroxylation is 2. The van der Waals surface area contributed by atoms with Gasteiger partial charge in [0, 0.05) is 19.5 Å². The zero-order chi connectivity index (χ0) is 30.4. The summed E-state index contributed by atoms with van der Waals surface area (Å²) in [5, 5.41) is 5.91. The molecule has 2 unspecified atom stereocenters. The number of alkyl carbamates (subject to hydrolysis) is 1. The standard InChI is InChI=1S/C34H51N3O4/c1-8-10-12-16-22-37(30(31(38)35-21-11-9-2)28-20-19-25(3)26(4)23-28)32(39)29(24-27-17-14-13-15-18-27)36-33(40)41-34(5,6)7/h13-15,17-20,23,29-30H,8-12,16,21-22,24H2,1-7H3,(H,35,38)(H,36,40). The highest BCUT2D eigenvalue weighted by atomic mass is 16.6. The zero-order valence-electron chi connectivity index (χ0n) is 26.2. The van der Waals surface area contributed by atoms with E-state index in [0.29, 0.717) is 13.1 Å². The molecule has 2 atom stereocenters. The summed E-state index contributed by atoms with van der Waals surface area (Å²) in [7, 11) is 0. The Morgan fingerprint density at radius 2 is 1.56 bits per heavy atom. The Hall–Kier alpha value is -3.35. The number of hydrogen-bond donors (Lipinski definition) is 2. The van der Waals surface area contributed by atoms with Crippen LogP contribution in [0.3, 0.4) is 0 Å². The minimum atomic E-state index is -0.907. The molecule has 2 aromatic rings. The molecule has 0 aliphatic carbocycles. The molecule has 226 valence electrons. The Morgan fingerprint density at radius 1 is 0.878 bits per heavy atom. The summed E-state index contributed by atoms with van der Waals surface area (Å²) >= 11 is 0. The van der Waals surface area contributed by atoms with E-state index in [-0.39, 0.29) is 18.2 Å². The van der Waals surface area contributed by atoms with Gasteiger partial charge in [-0.15, -0.1) is 0 Å². The molecule has 2 N–H and O–H groups in total. The van der Waals surface area contributed by atoms with Gasteiger partial charge in [0.1, 0.15) is 17.7 Å². The van der Waals surface area contributed by atoms with Gasteiger partial charge >= 0.3 is 6.09 Å². The number of nitrogens with one attached hydrogen (secondary N) is 2. The zero-order valence-corrected chi connectivity index (χ0v) is 26.2. The van der Waals surface area contributed by atoms with Gasteiger partial charge in [-0.1, -0.05) is 88.1 Å². The van der Waals surface area contributed by atoms with Crippen molar-refractivity contribution in [2.24, 2.45) is 0 Å². The van der Waals surface area contributed by atoms with Crippen molar-refractivity contribution in [3.05, 3.63) is 70.8 Å². The predicted octanol–water partition coefficient (Wildman–Crippen LogP) is 6.81. The van der Waals surface area contributed by atoms with Crippen LogP contribution in [0.15, 0.2) is 48.5 Å². The fraction of sp³-hybridized carbons (Fsp3) is 0.559. The average molecular weight is 566 g/mol. The van der Waals surface area contributed by atoms with E-state index in [9.17, 15) is 14.4 Å². The van der Waals surface area contributed by atoms with E-state index in [1.807, 2.05) is 62.4 Å². The van der Waals surface area contributed by atoms with Crippen LogP contribution in [-0.2, 0) is 20.7 Å². The average Bonchev–Trinajstić information content (AvgIpc) is 2.91. The summed E-state index contributed by atoms with van der Waals surface area (Å²) in [6.07, 6.45) is 5.23. The Morgan fingerprint density at radius 3 is 2.17 bits per heavy atom. The summed E-state index contributed by atoms with van der Waals surface area (Å²) in [5.74, 6) is -0.508. The first-order valence-corrected chi connectivity index (χ1v) is 15.2. The molecule has 0 saturated heterocycles. The van der Waals surface area contributed by atoms with Crippen molar-refractivity contribution >= 4 is 17.9 Å². The van der Waals surface area contributed by atoms with Gasteiger partial charge < -0.3 is 20.3 Å². The van der Waals surface area contributed by atoms with Gasteiger partial charge in [-0.25, -0.2) is 4.79 Å². The molecule has 0 saturated carbocycles. The third kappa shape index (κ3) is 11.6. The molecule has 7 nitrogen and oxygen atoms in total. The fourth-order valence-corrected chi connectivity index (χ4v) is 4.67. The number of carbonyl (C=O) groups is 3. The maximum atomic E-state index is 14.5. The minimum absolute atomic E-state index is 0.207. The summed E-state index contributed by atoms with van der Waals surface area (Å²) < 4.78 is 5.54. The van der Waals surface area contributed by atoms with E-state index in [2.05, 4.69) is 24.5 Å². The molecule has 0 aliphatic rings. The van der Waals surface area contributed by atoms with Crippen LogP contribution < -0.4 is 10.6 Å². The first-order chi connectivity index (χ1) is 19.5. The number of hydrogen-bond acceptors (Lipinski definition) is 4. The van der Waals surface area contributed by atoms with Crippen LogP contribution >= 0.6 is 0 Å². The van der Waals surface area contributed by atoms with Crippen LogP contribution in [0, 0.1) is 13.8 Å². The van der Waals surface area contributed by atoms with Gasteiger partial charge in [0.2, 0.25) is 11.8 Å². The minimum Gasteiger partial charge on any atom is -0.444 e. The first kappa shape index (κ1) is 33.9. The third-order valence-corrected chi connectivity index (χ3v) is 7.04. The number of ether oxygens (including phenoxy) is 1. The van der Waals surface area contributed by atoms with Crippen LogP contribution in [0.4, 0.5) is 4.79 Å². The van der Waals surface area contributed by atoms with Gasteiger partial charge in [0.15, 0.2) is 0 Å². The Labute approximate surface area is 247 Å². The van der Waals surface area contributed by atoms with Crippen LogP contribution in [0.1, 0.15) is 101 Å². The highest BCUT2D eigenvalue weighted by Gasteiger charge is 2.36. The lowest BCUT2D eigenvalue weighted by molar-refractivity contribution is -0.142. The van der Waals surface area contributed by atoms with E-state index in [0.717, 1.165) is 60.8 Å². The maximum absolute atomic E-state index is 14.5. The Balaban J connectivity index is 2.55. The Kier molecular flexibility index (Phi) is 13.9. The van der Waals surface area contributed by atoms with Crippen molar-refractivity contribution in [1.29, 1.82) is 0 Å². The van der Waals surface area contributed by atoms with E-state index < -0.39 is 23.8 Å². The van der Waals surface area contributed by atoms with Gasteiger partial charge in [-0.2, -0.15) is 0 Å². The van der Waals surface area contributed by atoms with Gasteiger partial charge in [0.05, 0.1) is 0 Å². The summed E-state index contributed by atoms with van der Waals surface area (Å²) in [6, 6.07) is 13.8. The highest BCUT2D eigenvalue weighted by Crippen LogP contribution is 2.26. The van der Waals surface area contributed by atoms with Crippen molar-refractivity contribution in [1.82, 2.24) is 15.5 Å². The Bertz CT molecular complexity index is 1110. The van der Waals surface area contributed by atoms with Gasteiger partial charge in [0.25, 0.3) is 0 Å². The second-order valence-electron chi connectivity index (χ2n) is 11.9. The highest BCUT2D eigenvalue weighted by molar-refractivity contribution is 5.92. The smallest absolute Gasteiger partial charge is 0.408 e. The molecule has 0 spiro atoms. The van der Waals surface area contributed by atoms with Crippen LogP contribution in [0.5, 0.6) is 0 Å². The molecular formula is C34H51N3O4. The topological polar surface area (TPSA) is 87.7 Å². The lowest BCUT2D eigenvalue weighted by Gasteiger charge is -2.35. The molecule has 0 aromatic heterocycles. The molecule has 7 heteroatoms. The first-order valence-electron chi connectivity index (χ1n) is 15.2. The normalized spacial score (nSPS) is 12.8. The molecule has 0 heterocycles. The van der Waals surface area contributed by atoms with E-state index >= 15 is 0 Å². The number of rotatable bonds is 15. The van der Waals surface area contributed by atoms with Crippen molar-refractivity contribution < 1.29 is 19.1 Å². The quantitative estimate of drug-likeness (QED) is 0.232. The molecule has 0 fully saturated rings. The largest absolute Gasteiger partial charge is 0.444 e. The molecular weight excluding hydrogens is 514 g/mol. The number of amides is 3. The monoisotopic (exact) mass is 565 g/mol. The lowest BCUT2D eigenvalue weighted by atomic mass is 9.97. The molecule has 41 heavy (non-hydrogen) atoms. The van der Waals surface area contributed by atoms with Crippen molar-refractivity contribution in [2.75, 3.05) is 13.1 Å². The predicted molar refractivity (Wildman–Crippen MR) is 166 cm³/mol. The number of carbonyl (C=O) groups excluding carboxylic acids is 3. The van der Waals surface area contributed by atoms with Crippen molar-refractivity contribution in [3.8, 4) is 0 Å². The van der Waals surface area contributed by atoms with Gasteiger partial charge in [-0.3, -0.25) is 9.59 Å². The van der Waals surface area contributed by atoms with E-state index in [1.54, 1.807) is 25.7 Å². The van der Waals surface area contributed by atoms with Crippen LogP contribution in [-0.4, -0.2) is 47.5 Å². The summed E-state index contributed by atoms with van der Waals surface area (Å²) in [5.41, 5.74) is 3.13. The number of nitrogens with zero attached hydrogens (tertiary/aromatic N) is 1. The third-order valence-electron chi connectivity index (χ3n) is 7.04. The number of benzene rings is 2. The second-order valence-corrected chi connectivity index (χ2v) is 11.9. The summed E-state index contributed by atoms with van der Waals surface area (Å²) in [4.78, 5) is 42.9. The van der Waals surface area contributed by atoms with E-state index in [1.165, 1.54) is 0 Å². The number of unbranched alkanes of at least 4 members (excludes halogenated alkanes) is 4. The van der Waals surface area contributed by atoms with Crippen molar-refractivity contribution in [3.63, 3.8) is 0 Å². The van der Waals surface area contributed by atoms with Crippen LogP contribution in [0.2, 0.25) is 0 Å². The molecule has 0 bridgehead atoms. The van der Waals surface area contributed by atoms with Crippen LogP contribution in [0.25, 0.3) is 0 Å². The molecule has 0 radical (unpaired) electrons. The van der Waals surface area contributed by atoms with Crippen molar-refractivity contribution in [2.45, 2.75) is 111 Å². The molecule has 2 aromatic carbocycles. The second kappa shape index (κ2) is 16.8. The van der Waals surface area contributed by atoms with E-state index in [4.69, 9.17) is 4.74 Å². The van der Waals surface area contributed by atoms with Gasteiger partial charge in [-0.05, 0) is 69.7 Å². The fourth-order valence-electron chi connectivity index (χ4n) is 4.67. The molecule has 0 aliphatic heterocycles. The summed E-state index contributed by atoms with van der Waals surface area (Å²) in [6.45, 7) is 14.6. The SMILES string of the molecule is CCCCCCN(C(=O)C(Cc1ccccc1)NC(=O)OC(C)(C)C)C(C(=O)NCCCC)c1ccc(C)c(C)c1. The molecule has 3 amide bonds.